The van der Waals surface area contributed by atoms with E-state index in [0.717, 1.165) is 31.4 Å². The highest BCUT2D eigenvalue weighted by Gasteiger charge is 2.56. The molecule has 6 heteroatoms. The van der Waals surface area contributed by atoms with Gasteiger partial charge in [0.05, 0.1) is 5.69 Å². The minimum Gasteiger partial charge on any atom is -0.355 e. The van der Waals surface area contributed by atoms with Crippen molar-refractivity contribution in [3.05, 3.63) is 41.5 Å². The van der Waals surface area contributed by atoms with Crippen molar-refractivity contribution >= 4 is 17.5 Å². The van der Waals surface area contributed by atoms with E-state index in [1.807, 2.05) is 0 Å². The predicted molar refractivity (Wildman–Crippen MR) is 90.8 cm³/mol. The van der Waals surface area contributed by atoms with E-state index in [-0.39, 0.29) is 11.6 Å². The van der Waals surface area contributed by atoms with Crippen LogP contribution in [0.4, 0.5) is 14.5 Å². The lowest BCUT2D eigenvalue weighted by Crippen LogP contribution is -2.40. The minimum atomic E-state index is -1.12. The van der Waals surface area contributed by atoms with Gasteiger partial charge in [0.2, 0.25) is 11.8 Å². The lowest BCUT2D eigenvalue weighted by atomic mass is 9.97. The highest BCUT2D eigenvalue weighted by Crippen LogP contribution is 2.47. The Morgan fingerprint density at radius 2 is 1.92 bits per heavy atom. The second kappa shape index (κ2) is 7.33. The van der Waals surface area contributed by atoms with Gasteiger partial charge in [0.15, 0.2) is 0 Å². The van der Waals surface area contributed by atoms with E-state index in [1.165, 1.54) is 18.4 Å². The topological polar surface area (TPSA) is 58.2 Å². The molecular weight excluding hydrogens is 326 g/mol. The van der Waals surface area contributed by atoms with Crippen LogP contribution in [-0.2, 0) is 9.59 Å². The molecule has 0 spiro atoms. The fourth-order valence-electron chi connectivity index (χ4n) is 3.15. The number of nitrogens with one attached hydrogen (secondary N) is 2. The van der Waals surface area contributed by atoms with Crippen molar-refractivity contribution in [1.29, 1.82) is 0 Å². The summed E-state index contributed by atoms with van der Waals surface area (Å²) in [6, 6.07) is 2.93. The Morgan fingerprint density at radius 3 is 2.56 bits per heavy atom. The summed E-state index contributed by atoms with van der Waals surface area (Å²) >= 11 is 0. The van der Waals surface area contributed by atoms with Crippen LogP contribution in [0.1, 0.15) is 44.9 Å². The molecule has 25 heavy (non-hydrogen) atoms. The van der Waals surface area contributed by atoms with Crippen LogP contribution in [0.3, 0.4) is 0 Å². The molecule has 0 bridgehead atoms. The van der Waals surface area contributed by atoms with Crippen molar-refractivity contribution in [3.63, 3.8) is 0 Å². The van der Waals surface area contributed by atoms with E-state index < -0.39 is 23.0 Å². The standard InChI is InChI=1S/C19H22F2N2O2/c20-14-6-7-16(15(21)12-14)23-18(25)19(9-10-19)17(24)22-11-8-13-4-2-1-3-5-13/h4,6-7,12H,1-3,5,8-11H2,(H,22,24)(H,23,25). The van der Waals surface area contributed by atoms with Gasteiger partial charge in [-0.2, -0.15) is 0 Å². The summed E-state index contributed by atoms with van der Waals surface area (Å²) in [6.45, 7) is 0.505. The predicted octanol–water partition coefficient (Wildman–Crippen LogP) is 3.69. The number of allylic oxidation sites excluding steroid dienone is 1. The van der Waals surface area contributed by atoms with E-state index in [0.29, 0.717) is 25.5 Å². The molecule has 0 radical (unpaired) electrons. The van der Waals surface area contributed by atoms with Gasteiger partial charge in [0, 0.05) is 12.6 Å². The molecule has 0 atom stereocenters. The van der Waals surface area contributed by atoms with Gasteiger partial charge in [-0.25, -0.2) is 8.78 Å². The first-order valence-electron chi connectivity index (χ1n) is 8.74. The second-order valence-electron chi connectivity index (χ2n) is 6.77. The van der Waals surface area contributed by atoms with Crippen LogP contribution >= 0.6 is 0 Å². The molecule has 1 aromatic carbocycles. The van der Waals surface area contributed by atoms with Crippen LogP contribution in [0.15, 0.2) is 29.8 Å². The summed E-state index contributed by atoms with van der Waals surface area (Å²) in [4.78, 5) is 24.8. The molecule has 134 valence electrons. The minimum absolute atomic E-state index is 0.113. The highest BCUT2D eigenvalue weighted by atomic mass is 19.1. The lowest BCUT2D eigenvalue weighted by Gasteiger charge is -2.17. The Labute approximate surface area is 145 Å². The summed E-state index contributed by atoms with van der Waals surface area (Å²) < 4.78 is 26.6. The Balaban J connectivity index is 1.54. The lowest BCUT2D eigenvalue weighted by molar-refractivity contribution is -0.134. The molecule has 2 N–H and O–H groups in total. The molecule has 1 fully saturated rings. The fraction of sp³-hybridized carbons (Fsp3) is 0.474. The quantitative estimate of drug-likeness (QED) is 0.608. The number of carbonyl (C=O) groups is 2. The fourth-order valence-corrected chi connectivity index (χ4v) is 3.15. The van der Waals surface area contributed by atoms with Gasteiger partial charge >= 0.3 is 0 Å². The number of anilines is 1. The number of hydrogen-bond acceptors (Lipinski definition) is 2. The van der Waals surface area contributed by atoms with E-state index in [9.17, 15) is 18.4 Å². The second-order valence-corrected chi connectivity index (χ2v) is 6.77. The molecular formula is C19H22F2N2O2. The zero-order chi connectivity index (χ0) is 17.9. The van der Waals surface area contributed by atoms with Gasteiger partial charge in [-0.15, -0.1) is 0 Å². The first-order chi connectivity index (χ1) is 12.0. The maximum Gasteiger partial charge on any atom is 0.240 e. The molecule has 1 saturated carbocycles. The van der Waals surface area contributed by atoms with Crippen LogP contribution in [-0.4, -0.2) is 18.4 Å². The van der Waals surface area contributed by atoms with E-state index >= 15 is 0 Å². The van der Waals surface area contributed by atoms with Gasteiger partial charge in [-0.05, 0) is 57.1 Å². The number of halogens is 2. The van der Waals surface area contributed by atoms with Crippen molar-refractivity contribution < 1.29 is 18.4 Å². The zero-order valence-electron chi connectivity index (χ0n) is 14.0. The van der Waals surface area contributed by atoms with Crippen molar-refractivity contribution in [2.45, 2.75) is 44.9 Å². The third-order valence-corrected chi connectivity index (χ3v) is 4.92. The van der Waals surface area contributed by atoms with Crippen LogP contribution in [0.2, 0.25) is 0 Å². The van der Waals surface area contributed by atoms with Crippen molar-refractivity contribution in [2.24, 2.45) is 5.41 Å². The maximum atomic E-state index is 13.7. The van der Waals surface area contributed by atoms with Crippen molar-refractivity contribution in [2.75, 3.05) is 11.9 Å². The SMILES string of the molecule is O=C(NCCC1=CCCCC1)C1(C(=O)Nc2ccc(F)cc2F)CC1. The summed E-state index contributed by atoms with van der Waals surface area (Å²) in [6.07, 6.45) is 8.49. The smallest absolute Gasteiger partial charge is 0.240 e. The first kappa shape index (κ1) is 17.6. The summed E-state index contributed by atoms with van der Waals surface area (Å²) in [5.74, 6) is -2.42. The summed E-state index contributed by atoms with van der Waals surface area (Å²) in [5.41, 5.74) is 0.119. The molecule has 2 aliphatic carbocycles. The van der Waals surface area contributed by atoms with Crippen LogP contribution < -0.4 is 10.6 Å². The van der Waals surface area contributed by atoms with E-state index in [1.54, 1.807) is 0 Å². The number of benzene rings is 1. The highest BCUT2D eigenvalue weighted by molar-refractivity contribution is 6.13. The van der Waals surface area contributed by atoms with Gasteiger partial charge in [-0.3, -0.25) is 9.59 Å². The summed E-state index contributed by atoms with van der Waals surface area (Å²) in [5, 5.41) is 5.24. The average Bonchev–Trinajstić information content (AvgIpc) is 3.40. The molecule has 2 amide bonds. The molecule has 3 rings (SSSR count). The Kier molecular flexibility index (Phi) is 5.16. The Morgan fingerprint density at radius 1 is 1.12 bits per heavy atom. The summed E-state index contributed by atoms with van der Waals surface area (Å²) in [7, 11) is 0. The van der Waals surface area contributed by atoms with Gasteiger partial charge in [-0.1, -0.05) is 11.6 Å². The average molecular weight is 348 g/mol. The third kappa shape index (κ3) is 4.06. The maximum absolute atomic E-state index is 13.7. The zero-order valence-corrected chi connectivity index (χ0v) is 14.0. The number of hydrogen-bond donors (Lipinski definition) is 2. The Hall–Kier alpha value is -2.24. The van der Waals surface area contributed by atoms with Gasteiger partial charge < -0.3 is 10.6 Å². The Bertz CT molecular complexity index is 711. The molecule has 0 saturated heterocycles. The molecule has 1 aromatic rings. The molecule has 0 aliphatic heterocycles. The van der Waals surface area contributed by atoms with E-state index in [4.69, 9.17) is 0 Å². The number of amides is 2. The molecule has 2 aliphatic rings. The van der Waals surface area contributed by atoms with Crippen LogP contribution in [0.25, 0.3) is 0 Å². The largest absolute Gasteiger partial charge is 0.355 e. The third-order valence-electron chi connectivity index (χ3n) is 4.92. The molecule has 0 aromatic heterocycles. The molecule has 0 unspecified atom stereocenters. The molecule has 0 heterocycles. The first-order valence-corrected chi connectivity index (χ1v) is 8.74. The van der Waals surface area contributed by atoms with E-state index in [2.05, 4.69) is 16.7 Å². The molecule has 4 nitrogen and oxygen atoms in total. The number of rotatable bonds is 6. The van der Waals surface area contributed by atoms with Crippen molar-refractivity contribution in [3.8, 4) is 0 Å². The monoisotopic (exact) mass is 348 g/mol. The van der Waals surface area contributed by atoms with Crippen LogP contribution in [0, 0.1) is 17.0 Å². The van der Waals surface area contributed by atoms with Gasteiger partial charge in [0.1, 0.15) is 17.0 Å². The normalized spacial score (nSPS) is 18.2. The van der Waals surface area contributed by atoms with Crippen molar-refractivity contribution in [1.82, 2.24) is 5.32 Å². The number of carbonyl (C=O) groups excluding carboxylic acids is 2. The van der Waals surface area contributed by atoms with Crippen LogP contribution in [0.5, 0.6) is 0 Å². The van der Waals surface area contributed by atoms with Gasteiger partial charge in [0.25, 0.3) is 0 Å².